The zero-order valence-electron chi connectivity index (χ0n) is 10.2. The summed E-state index contributed by atoms with van der Waals surface area (Å²) in [6.07, 6.45) is 0.760. The van der Waals surface area contributed by atoms with E-state index in [1.807, 2.05) is 5.32 Å². The van der Waals surface area contributed by atoms with Gasteiger partial charge in [0.25, 0.3) is 0 Å². The van der Waals surface area contributed by atoms with Crippen molar-refractivity contribution >= 4 is 17.7 Å². The van der Waals surface area contributed by atoms with Crippen LogP contribution in [0.4, 0.5) is 23.7 Å². The number of nitrogens with one attached hydrogen (secondary N) is 1. The minimum atomic E-state index is -1.26. The number of rotatable bonds is 2. The molecular formula is C12H11F3N2O3. The molecule has 0 aromatic heterocycles. The Bertz CT molecular complexity index is 542. The lowest BCUT2D eigenvalue weighted by Crippen LogP contribution is -2.43. The van der Waals surface area contributed by atoms with E-state index in [4.69, 9.17) is 5.11 Å². The van der Waals surface area contributed by atoms with Crippen molar-refractivity contribution in [3.63, 3.8) is 0 Å². The molecule has 1 unspecified atom stereocenters. The minimum Gasteiger partial charge on any atom is -0.480 e. The van der Waals surface area contributed by atoms with E-state index < -0.39 is 41.2 Å². The Morgan fingerprint density at radius 3 is 2.40 bits per heavy atom. The van der Waals surface area contributed by atoms with Gasteiger partial charge in [-0.1, -0.05) is 0 Å². The van der Waals surface area contributed by atoms with Crippen LogP contribution in [0.1, 0.15) is 12.8 Å². The number of aliphatic carboxylic acids is 1. The molecule has 1 aromatic rings. The molecule has 0 spiro atoms. The fourth-order valence-electron chi connectivity index (χ4n) is 2.11. The van der Waals surface area contributed by atoms with E-state index in [9.17, 15) is 22.8 Å². The van der Waals surface area contributed by atoms with Crippen LogP contribution in [0.15, 0.2) is 12.1 Å². The number of hydrogen-bond acceptors (Lipinski definition) is 2. The number of carbonyl (C=O) groups is 2. The molecule has 0 saturated carbocycles. The molecule has 1 aliphatic rings. The number of carboxylic acid groups (broad SMARTS) is 1. The molecule has 0 radical (unpaired) electrons. The van der Waals surface area contributed by atoms with Crippen molar-refractivity contribution in [2.45, 2.75) is 18.9 Å². The van der Waals surface area contributed by atoms with Gasteiger partial charge in [0.2, 0.25) is 0 Å². The molecular weight excluding hydrogens is 277 g/mol. The molecule has 0 aliphatic carbocycles. The summed E-state index contributed by atoms with van der Waals surface area (Å²) < 4.78 is 39.5. The van der Waals surface area contributed by atoms with Crippen LogP contribution in [0.5, 0.6) is 0 Å². The number of carboxylic acids is 1. The Morgan fingerprint density at radius 2 is 1.85 bits per heavy atom. The van der Waals surface area contributed by atoms with Crippen molar-refractivity contribution in [3.8, 4) is 0 Å². The first-order chi connectivity index (χ1) is 9.40. The molecule has 1 atom stereocenters. The highest BCUT2D eigenvalue weighted by Crippen LogP contribution is 2.23. The summed E-state index contributed by atoms with van der Waals surface area (Å²) in [5.41, 5.74) is -0.799. The minimum absolute atomic E-state index is 0.174. The first-order valence-corrected chi connectivity index (χ1v) is 5.85. The van der Waals surface area contributed by atoms with Gasteiger partial charge in [0.05, 0.1) is 0 Å². The van der Waals surface area contributed by atoms with Gasteiger partial charge in [0.15, 0.2) is 11.6 Å². The quantitative estimate of drug-likeness (QED) is 0.876. The molecule has 1 saturated heterocycles. The number of carbonyl (C=O) groups excluding carboxylic acids is 1. The average Bonchev–Trinajstić information content (AvgIpc) is 2.82. The predicted molar refractivity (Wildman–Crippen MR) is 62.7 cm³/mol. The Labute approximate surface area is 112 Å². The normalized spacial score (nSPS) is 18.1. The summed E-state index contributed by atoms with van der Waals surface area (Å²) >= 11 is 0. The van der Waals surface area contributed by atoms with Gasteiger partial charge in [0, 0.05) is 18.7 Å². The van der Waals surface area contributed by atoms with Crippen LogP contribution in [0.25, 0.3) is 0 Å². The van der Waals surface area contributed by atoms with Gasteiger partial charge >= 0.3 is 12.0 Å². The maximum atomic E-state index is 13.4. The Kier molecular flexibility index (Phi) is 3.82. The molecule has 8 heteroatoms. The summed E-state index contributed by atoms with van der Waals surface area (Å²) in [7, 11) is 0. The van der Waals surface area contributed by atoms with Crippen LogP contribution in [-0.4, -0.2) is 34.6 Å². The Balaban J connectivity index is 2.18. The van der Waals surface area contributed by atoms with E-state index in [-0.39, 0.29) is 13.0 Å². The molecule has 1 fully saturated rings. The van der Waals surface area contributed by atoms with Crippen molar-refractivity contribution in [1.29, 1.82) is 0 Å². The molecule has 5 nitrogen and oxygen atoms in total. The highest BCUT2D eigenvalue weighted by molar-refractivity contribution is 5.92. The van der Waals surface area contributed by atoms with Crippen molar-refractivity contribution in [2.75, 3.05) is 11.9 Å². The molecule has 1 aliphatic heterocycles. The summed E-state index contributed by atoms with van der Waals surface area (Å²) in [5, 5.41) is 10.9. The Morgan fingerprint density at radius 1 is 1.25 bits per heavy atom. The molecule has 2 rings (SSSR count). The third-order valence-electron chi connectivity index (χ3n) is 3.04. The second kappa shape index (κ2) is 5.40. The van der Waals surface area contributed by atoms with Crippen molar-refractivity contribution in [3.05, 3.63) is 29.6 Å². The number of urea groups is 1. The van der Waals surface area contributed by atoms with Crippen molar-refractivity contribution in [2.24, 2.45) is 0 Å². The van der Waals surface area contributed by atoms with Crippen LogP contribution in [0.3, 0.4) is 0 Å². The molecule has 2 N–H and O–H groups in total. The molecule has 0 bridgehead atoms. The van der Waals surface area contributed by atoms with Gasteiger partial charge in [-0.3, -0.25) is 0 Å². The molecule has 20 heavy (non-hydrogen) atoms. The lowest BCUT2D eigenvalue weighted by molar-refractivity contribution is -0.141. The number of anilines is 1. The third kappa shape index (κ3) is 2.68. The van der Waals surface area contributed by atoms with E-state index in [0.717, 1.165) is 4.90 Å². The summed E-state index contributed by atoms with van der Waals surface area (Å²) in [5.74, 6) is -4.82. The number of nitrogens with zero attached hydrogens (tertiary/aromatic N) is 1. The number of likely N-dealkylation sites (tertiary alicyclic amines) is 1. The molecule has 108 valence electrons. The lowest BCUT2D eigenvalue weighted by atomic mass is 10.2. The number of benzene rings is 1. The number of hydrogen-bond donors (Lipinski definition) is 2. The van der Waals surface area contributed by atoms with Crippen LogP contribution in [0.2, 0.25) is 0 Å². The van der Waals surface area contributed by atoms with E-state index in [2.05, 4.69) is 0 Å². The molecule has 2 amide bonds. The second-order valence-corrected chi connectivity index (χ2v) is 4.36. The van der Waals surface area contributed by atoms with Crippen LogP contribution in [0, 0.1) is 17.5 Å². The van der Waals surface area contributed by atoms with E-state index in [1.165, 1.54) is 0 Å². The third-order valence-corrected chi connectivity index (χ3v) is 3.04. The van der Waals surface area contributed by atoms with Gasteiger partial charge in [-0.2, -0.15) is 0 Å². The van der Waals surface area contributed by atoms with E-state index in [0.29, 0.717) is 18.6 Å². The first-order valence-electron chi connectivity index (χ1n) is 5.85. The van der Waals surface area contributed by atoms with Gasteiger partial charge in [-0.25, -0.2) is 22.8 Å². The zero-order chi connectivity index (χ0) is 14.9. The fraction of sp³-hybridized carbons (Fsp3) is 0.333. The maximum absolute atomic E-state index is 13.4. The smallest absolute Gasteiger partial charge is 0.326 e. The Hall–Kier alpha value is -2.25. The van der Waals surface area contributed by atoms with Gasteiger partial charge < -0.3 is 15.3 Å². The largest absolute Gasteiger partial charge is 0.480 e. The van der Waals surface area contributed by atoms with Crippen molar-refractivity contribution in [1.82, 2.24) is 4.90 Å². The summed E-state index contributed by atoms with van der Waals surface area (Å²) in [6.45, 7) is 0.174. The van der Waals surface area contributed by atoms with Crippen LogP contribution in [-0.2, 0) is 4.79 Å². The van der Waals surface area contributed by atoms with E-state index in [1.54, 1.807) is 0 Å². The monoisotopic (exact) mass is 288 g/mol. The van der Waals surface area contributed by atoms with Gasteiger partial charge in [-0.15, -0.1) is 0 Å². The summed E-state index contributed by atoms with van der Waals surface area (Å²) in [6, 6.07) is -1.10. The van der Waals surface area contributed by atoms with Crippen molar-refractivity contribution < 1.29 is 27.9 Å². The highest BCUT2D eigenvalue weighted by atomic mass is 19.1. The lowest BCUT2D eigenvalue weighted by Gasteiger charge is -2.22. The van der Waals surface area contributed by atoms with Gasteiger partial charge in [0.1, 0.15) is 17.5 Å². The average molecular weight is 288 g/mol. The standard InChI is InChI=1S/C12H11F3N2O3/c13-6-4-7(14)10(8(15)5-6)16-12(20)17-3-1-2-9(17)11(18)19/h4-5,9H,1-3H2,(H,16,20)(H,18,19). The van der Waals surface area contributed by atoms with Crippen LogP contribution < -0.4 is 5.32 Å². The predicted octanol–water partition coefficient (Wildman–Crippen LogP) is 2.18. The maximum Gasteiger partial charge on any atom is 0.326 e. The first kappa shape index (κ1) is 14.2. The fourth-order valence-corrected chi connectivity index (χ4v) is 2.11. The van der Waals surface area contributed by atoms with Gasteiger partial charge in [-0.05, 0) is 12.8 Å². The van der Waals surface area contributed by atoms with Crippen LogP contribution >= 0.6 is 0 Å². The number of amides is 2. The zero-order valence-corrected chi connectivity index (χ0v) is 10.2. The topological polar surface area (TPSA) is 69.6 Å². The van der Waals surface area contributed by atoms with E-state index >= 15 is 0 Å². The highest BCUT2D eigenvalue weighted by Gasteiger charge is 2.34. The molecule has 1 heterocycles. The SMILES string of the molecule is O=C(O)C1CCCN1C(=O)Nc1c(F)cc(F)cc1F. The second-order valence-electron chi connectivity index (χ2n) is 4.36. The summed E-state index contributed by atoms with van der Waals surface area (Å²) in [4.78, 5) is 23.7. The molecule has 1 aromatic carbocycles. The number of halogens is 3.